The zero-order valence-corrected chi connectivity index (χ0v) is 21.3. The van der Waals surface area contributed by atoms with E-state index in [9.17, 15) is 9.59 Å². The summed E-state index contributed by atoms with van der Waals surface area (Å²) in [5.41, 5.74) is 1.94. The van der Waals surface area contributed by atoms with Crippen molar-refractivity contribution in [3.8, 4) is 5.75 Å². The first kappa shape index (κ1) is 23.5. The molecule has 2 amide bonds. The van der Waals surface area contributed by atoms with Gasteiger partial charge in [0.05, 0.1) is 16.7 Å². The molecule has 9 heteroatoms. The van der Waals surface area contributed by atoms with E-state index in [1.165, 1.54) is 58.6 Å². The predicted octanol–water partition coefficient (Wildman–Crippen LogP) is 5.57. The number of aromatic nitrogens is 1. The SMILES string of the molecule is O=C(CN1C(=O)/C(=C/c2ccccc2OC2CCCCC2)SC1=S)Nc1nc2c(s1)CCCC2. The predicted molar refractivity (Wildman–Crippen MR) is 141 cm³/mol. The Morgan fingerprint density at radius 2 is 1.97 bits per heavy atom. The number of carbonyl (C=O) groups is 2. The van der Waals surface area contributed by atoms with Crippen LogP contribution >= 0.6 is 35.3 Å². The molecule has 1 aromatic heterocycles. The van der Waals surface area contributed by atoms with Crippen molar-refractivity contribution in [3.05, 3.63) is 45.3 Å². The quantitative estimate of drug-likeness (QED) is 0.402. The molecule has 0 bridgehead atoms. The summed E-state index contributed by atoms with van der Waals surface area (Å²) in [5, 5.41) is 3.46. The van der Waals surface area contributed by atoms with Crippen LogP contribution in [0.5, 0.6) is 5.75 Å². The van der Waals surface area contributed by atoms with Crippen molar-refractivity contribution >= 4 is 62.7 Å². The summed E-state index contributed by atoms with van der Waals surface area (Å²) >= 11 is 8.18. The van der Waals surface area contributed by atoms with Crippen LogP contribution in [0.1, 0.15) is 61.1 Å². The highest BCUT2D eigenvalue weighted by Crippen LogP contribution is 2.35. The Kier molecular flexibility index (Phi) is 7.32. The molecule has 0 unspecified atom stereocenters. The topological polar surface area (TPSA) is 71.5 Å². The second kappa shape index (κ2) is 10.6. The summed E-state index contributed by atoms with van der Waals surface area (Å²) in [6, 6.07) is 7.77. The van der Waals surface area contributed by atoms with Crippen molar-refractivity contribution in [2.24, 2.45) is 0 Å². The van der Waals surface area contributed by atoms with E-state index in [-0.39, 0.29) is 24.5 Å². The molecule has 178 valence electrons. The molecule has 2 fully saturated rings. The minimum absolute atomic E-state index is 0.119. The standard InChI is InChI=1S/C25H27N3O3S3/c29-22(27-24-26-18-11-5-7-13-20(18)33-24)15-28-23(30)21(34-25(28)32)14-16-8-4-6-12-19(16)31-17-9-2-1-3-10-17/h4,6,8,12,14,17H,1-3,5,7,9-11,13,15H2,(H,26,27,29)/b21-14-. The molecule has 0 spiro atoms. The number of thiocarbonyl (C=S) groups is 1. The first-order valence-corrected chi connectivity index (χ1v) is 13.9. The third-order valence-electron chi connectivity index (χ3n) is 6.32. The minimum atomic E-state index is -0.287. The maximum absolute atomic E-state index is 13.1. The van der Waals surface area contributed by atoms with Gasteiger partial charge in [0.15, 0.2) is 5.13 Å². The Morgan fingerprint density at radius 3 is 2.79 bits per heavy atom. The number of fused-ring (bicyclic) bond motifs is 1. The van der Waals surface area contributed by atoms with Crippen molar-refractivity contribution in [2.75, 3.05) is 11.9 Å². The number of amides is 2. The average Bonchev–Trinajstić information content (AvgIpc) is 3.36. The first-order chi connectivity index (χ1) is 16.6. The van der Waals surface area contributed by atoms with Crippen molar-refractivity contribution in [1.29, 1.82) is 0 Å². The molecule has 1 aliphatic heterocycles. The lowest BCUT2D eigenvalue weighted by atomic mass is 9.97. The maximum Gasteiger partial charge on any atom is 0.266 e. The highest BCUT2D eigenvalue weighted by molar-refractivity contribution is 8.26. The van der Waals surface area contributed by atoms with Crippen LogP contribution in [0.25, 0.3) is 6.08 Å². The summed E-state index contributed by atoms with van der Waals surface area (Å²) in [5.74, 6) is 0.242. The second-order valence-corrected chi connectivity index (χ2v) is 11.6. The number of hydrogen-bond donors (Lipinski definition) is 1. The minimum Gasteiger partial charge on any atom is -0.490 e. The van der Waals surface area contributed by atoms with E-state index < -0.39 is 0 Å². The molecule has 6 nitrogen and oxygen atoms in total. The lowest BCUT2D eigenvalue weighted by molar-refractivity contribution is -0.126. The van der Waals surface area contributed by atoms with Gasteiger partial charge in [0.25, 0.3) is 5.91 Å². The van der Waals surface area contributed by atoms with E-state index in [1.54, 1.807) is 0 Å². The molecule has 2 aliphatic carbocycles. The summed E-state index contributed by atoms with van der Waals surface area (Å²) in [4.78, 5) is 33.4. The van der Waals surface area contributed by atoms with Gasteiger partial charge < -0.3 is 10.1 Å². The fourth-order valence-corrected chi connectivity index (χ4v) is 6.87. The number of aryl methyl sites for hydroxylation is 2. The molecule has 1 N–H and O–H groups in total. The fourth-order valence-electron chi connectivity index (χ4n) is 4.56. The zero-order chi connectivity index (χ0) is 23.5. The Hall–Kier alpha value is -2.23. The molecule has 2 heterocycles. The number of rotatable bonds is 6. The molecular weight excluding hydrogens is 486 g/mol. The molecule has 1 saturated heterocycles. The fraction of sp³-hybridized carbons (Fsp3) is 0.440. The smallest absolute Gasteiger partial charge is 0.266 e. The lowest BCUT2D eigenvalue weighted by Gasteiger charge is -2.23. The van der Waals surface area contributed by atoms with E-state index in [0.29, 0.717) is 14.4 Å². The zero-order valence-electron chi connectivity index (χ0n) is 18.9. The van der Waals surface area contributed by atoms with Gasteiger partial charge in [-0.25, -0.2) is 4.98 Å². The average molecular weight is 514 g/mol. The van der Waals surface area contributed by atoms with Crippen molar-refractivity contribution in [3.63, 3.8) is 0 Å². The van der Waals surface area contributed by atoms with Crippen LogP contribution in [0.4, 0.5) is 5.13 Å². The molecule has 2 aromatic rings. The van der Waals surface area contributed by atoms with Gasteiger partial charge in [-0.3, -0.25) is 14.5 Å². The highest BCUT2D eigenvalue weighted by Gasteiger charge is 2.34. The van der Waals surface area contributed by atoms with Crippen molar-refractivity contribution < 1.29 is 14.3 Å². The summed E-state index contributed by atoms with van der Waals surface area (Å²) in [7, 11) is 0. The van der Waals surface area contributed by atoms with Crippen molar-refractivity contribution in [2.45, 2.75) is 63.9 Å². The number of carbonyl (C=O) groups excluding carboxylic acids is 2. The number of para-hydroxylation sites is 1. The monoisotopic (exact) mass is 513 g/mol. The van der Waals surface area contributed by atoms with Crippen LogP contribution in [-0.4, -0.2) is 38.7 Å². The van der Waals surface area contributed by atoms with Crippen LogP contribution in [0.15, 0.2) is 29.2 Å². The van der Waals surface area contributed by atoms with E-state index in [4.69, 9.17) is 17.0 Å². The molecule has 0 radical (unpaired) electrons. The number of anilines is 1. The number of nitrogens with one attached hydrogen (secondary N) is 1. The van der Waals surface area contributed by atoms with E-state index >= 15 is 0 Å². The number of ether oxygens (including phenoxy) is 1. The van der Waals surface area contributed by atoms with Gasteiger partial charge in [0.1, 0.15) is 16.6 Å². The Balaban J connectivity index is 1.25. The van der Waals surface area contributed by atoms with Crippen molar-refractivity contribution in [1.82, 2.24) is 9.88 Å². The van der Waals surface area contributed by atoms with Gasteiger partial charge in [0.2, 0.25) is 5.91 Å². The molecule has 1 saturated carbocycles. The number of hydrogen-bond acceptors (Lipinski definition) is 7. The van der Waals surface area contributed by atoms with Crippen LogP contribution in [-0.2, 0) is 22.4 Å². The molecule has 0 atom stereocenters. The highest BCUT2D eigenvalue weighted by atomic mass is 32.2. The summed E-state index contributed by atoms with van der Waals surface area (Å²) in [6.07, 6.45) is 12.1. The molecule has 1 aromatic carbocycles. The first-order valence-electron chi connectivity index (χ1n) is 11.9. The Morgan fingerprint density at radius 1 is 1.18 bits per heavy atom. The third kappa shape index (κ3) is 5.37. The molecule has 5 rings (SSSR count). The van der Waals surface area contributed by atoms with Gasteiger partial charge >= 0.3 is 0 Å². The van der Waals surface area contributed by atoms with Gasteiger partial charge in [-0.15, -0.1) is 11.3 Å². The maximum atomic E-state index is 13.1. The molecule has 3 aliphatic rings. The Labute approximate surface area is 213 Å². The van der Waals surface area contributed by atoms with E-state index in [2.05, 4.69) is 10.3 Å². The van der Waals surface area contributed by atoms with Crippen LogP contribution < -0.4 is 10.1 Å². The lowest BCUT2D eigenvalue weighted by Crippen LogP contribution is -2.36. The van der Waals surface area contributed by atoms with Crippen LogP contribution in [0, 0.1) is 0 Å². The largest absolute Gasteiger partial charge is 0.490 e. The Bertz CT molecular complexity index is 1110. The number of thiazole rings is 1. The van der Waals surface area contributed by atoms with Gasteiger partial charge in [-0.05, 0) is 63.5 Å². The van der Waals surface area contributed by atoms with Crippen LogP contribution in [0.2, 0.25) is 0 Å². The van der Waals surface area contributed by atoms with E-state index in [1.807, 2.05) is 30.3 Å². The van der Waals surface area contributed by atoms with Crippen LogP contribution in [0.3, 0.4) is 0 Å². The van der Waals surface area contributed by atoms with Gasteiger partial charge in [-0.1, -0.05) is 48.6 Å². The number of nitrogens with zero attached hydrogens (tertiary/aromatic N) is 2. The summed E-state index contributed by atoms with van der Waals surface area (Å²) in [6.45, 7) is -0.119. The molecule has 34 heavy (non-hydrogen) atoms. The number of thioether (sulfide) groups is 1. The number of benzene rings is 1. The van der Waals surface area contributed by atoms with E-state index in [0.717, 1.165) is 49.1 Å². The normalized spacial score (nSPS) is 20.0. The second-order valence-electron chi connectivity index (χ2n) is 8.83. The third-order valence-corrected chi connectivity index (χ3v) is 8.77. The van der Waals surface area contributed by atoms with Gasteiger partial charge in [-0.2, -0.15) is 0 Å². The summed E-state index contributed by atoms with van der Waals surface area (Å²) < 4.78 is 6.65. The van der Waals surface area contributed by atoms with Gasteiger partial charge in [0, 0.05) is 10.4 Å². The molecular formula is C25H27N3O3S3.